The minimum absolute atomic E-state index is 0.0381. The highest BCUT2D eigenvalue weighted by atomic mass is 79.9. The number of carbonyl (C=O) groups is 1. The summed E-state index contributed by atoms with van der Waals surface area (Å²) in [6, 6.07) is 14.7. The SMILES string of the molecule is CC(C)CCOc1ccc(OCC(=O)Nc2ccc(Br)cc2)cc1. The van der Waals surface area contributed by atoms with Crippen LogP contribution in [0.5, 0.6) is 11.5 Å². The lowest BCUT2D eigenvalue weighted by molar-refractivity contribution is -0.118. The largest absolute Gasteiger partial charge is 0.494 e. The fourth-order valence-electron chi connectivity index (χ4n) is 1.92. The summed E-state index contributed by atoms with van der Waals surface area (Å²) < 4.78 is 12.1. The van der Waals surface area contributed by atoms with Crippen molar-refractivity contribution in [2.24, 2.45) is 5.92 Å². The Morgan fingerprint density at radius 2 is 1.58 bits per heavy atom. The van der Waals surface area contributed by atoms with Crippen LogP contribution in [-0.2, 0) is 4.79 Å². The van der Waals surface area contributed by atoms with E-state index < -0.39 is 0 Å². The highest BCUT2D eigenvalue weighted by molar-refractivity contribution is 9.10. The Morgan fingerprint density at radius 3 is 2.17 bits per heavy atom. The molecule has 5 heteroatoms. The minimum Gasteiger partial charge on any atom is -0.494 e. The Balaban J connectivity index is 1.75. The molecule has 0 bridgehead atoms. The molecule has 128 valence electrons. The fourth-order valence-corrected chi connectivity index (χ4v) is 2.19. The van der Waals surface area contributed by atoms with E-state index in [1.165, 1.54) is 0 Å². The van der Waals surface area contributed by atoms with Gasteiger partial charge in [0.1, 0.15) is 11.5 Å². The normalized spacial score (nSPS) is 10.5. The second kappa shape index (κ2) is 9.33. The fraction of sp³-hybridized carbons (Fsp3) is 0.316. The Kier molecular flexibility index (Phi) is 7.12. The van der Waals surface area contributed by atoms with Gasteiger partial charge >= 0.3 is 0 Å². The zero-order valence-electron chi connectivity index (χ0n) is 13.9. The van der Waals surface area contributed by atoms with E-state index >= 15 is 0 Å². The highest BCUT2D eigenvalue weighted by Crippen LogP contribution is 2.18. The molecule has 24 heavy (non-hydrogen) atoms. The van der Waals surface area contributed by atoms with E-state index in [9.17, 15) is 4.79 Å². The van der Waals surface area contributed by atoms with E-state index in [1.807, 2.05) is 36.4 Å². The molecule has 0 heterocycles. The van der Waals surface area contributed by atoms with Crippen LogP contribution in [-0.4, -0.2) is 19.1 Å². The summed E-state index contributed by atoms with van der Waals surface area (Å²) in [5.74, 6) is 1.87. The van der Waals surface area contributed by atoms with Gasteiger partial charge in [-0.05, 0) is 60.9 Å². The molecule has 1 amide bonds. The van der Waals surface area contributed by atoms with Crippen molar-refractivity contribution in [2.45, 2.75) is 20.3 Å². The number of nitrogens with one attached hydrogen (secondary N) is 1. The van der Waals surface area contributed by atoms with Crippen LogP contribution in [0.4, 0.5) is 5.69 Å². The highest BCUT2D eigenvalue weighted by Gasteiger charge is 2.04. The van der Waals surface area contributed by atoms with Crippen molar-refractivity contribution in [2.75, 3.05) is 18.5 Å². The summed E-state index contributed by atoms with van der Waals surface area (Å²) in [7, 11) is 0. The lowest BCUT2D eigenvalue weighted by Gasteiger charge is -2.10. The topological polar surface area (TPSA) is 47.6 Å². The number of rotatable bonds is 8. The Morgan fingerprint density at radius 1 is 1.00 bits per heavy atom. The van der Waals surface area contributed by atoms with Crippen molar-refractivity contribution in [1.29, 1.82) is 0 Å². The molecule has 0 fully saturated rings. The Bertz CT molecular complexity index is 639. The van der Waals surface area contributed by atoms with Crippen LogP contribution in [0.2, 0.25) is 0 Å². The molecule has 0 saturated heterocycles. The number of amides is 1. The second-order valence-electron chi connectivity index (χ2n) is 5.85. The van der Waals surface area contributed by atoms with Crippen molar-refractivity contribution in [3.63, 3.8) is 0 Å². The summed E-state index contributed by atoms with van der Waals surface area (Å²) in [5.41, 5.74) is 0.737. The zero-order chi connectivity index (χ0) is 17.4. The molecule has 2 rings (SSSR count). The number of halogens is 1. The Labute approximate surface area is 151 Å². The average Bonchev–Trinajstić information content (AvgIpc) is 2.56. The third-order valence-electron chi connectivity index (χ3n) is 3.29. The van der Waals surface area contributed by atoms with Gasteiger partial charge in [-0.3, -0.25) is 4.79 Å². The van der Waals surface area contributed by atoms with Crippen molar-refractivity contribution >= 4 is 27.5 Å². The van der Waals surface area contributed by atoms with Crippen LogP contribution >= 0.6 is 15.9 Å². The molecule has 4 nitrogen and oxygen atoms in total. The summed E-state index contributed by atoms with van der Waals surface area (Å²) in [5, 5.41) is 2.78. The molecule has 0 spiro atoms. The zero-order valence-corrected chi connectivity index (χ0v) is 15.5. The smallest absolute Gasteiger partial charge is 0.262 e. The lowest BCUT2D eigenvalue weighted by atomic mass is 10.1. The van der Waals surface area contributed by atoms with Gasteiger partial charge in [0, 0.05) is 10.2 Å². The van der Waals surface area contributed by atoms with E-state index in [0.717, 1.165) is 22.3 Å². The monoisotopic (exact) mass is 391 g/mol. The number of hydrogen-bond acceptors (Lipinski definition) is 3. The van der Waals surface area contributed by atoms with Gasteiger partial charge in [0.15, 0.2) is 6.61 Å². The van der Waals surface area contributed by atoms with Crippen LogP contribution in [0.3, 0.4) is 0 Å². The first-order chi connectivity index (χ1) is 11.5. The van der Waals surface area contributed by atoms with E-state index in [2.05, 4.69) is 35.1 Å². The van der Waals surface area contributed by atoms with Gasteiger partial charge in [-0.2, -0.15) is 0 Å². The van der Waals surface area contributed by atoms with Gasteiger partial charge in [0.25, 0.3) is 5.91 Å². The first-order valence-corrected chi connectivity index (χ1v) is 8.73. The maximum absolute atomic E-state index is 11.9. The van der Waals surface area contributed by atoms with Gasteiger partial charge in [-0.1, -0.05) is 29.8 Å². The molecule has 0 radical (unpaired) electrons. The molecule has 0 aliphatic rings. The number of hydrogen-bond donors (Lipinski definition) is 1. The van der Waals surface area contributed by atoms with E-state index in [0.29, 0.717) is 18.3 Å². The maximum Gasteiger partial charge on any atom is 0.262 e. The molecule has 2 aromatic rings. The van der Waals surface area contributed by atoms with Crippen LogP contribution in [0, 0.1) is 5.92 Å². The van der Waals surface area contributed by atoms with Crippen LogP contribution < -0.4 is 14.8 Å². The average molecular weight is 392 g/mol. The van der Waals surface area contributed by atoms with Gasteiger partial charge in [-0.15, -0.1) is 0 Å². The molecule has 0 unspecified atom stereocenters. The van der Waals surface area contributed by atoms with Gasteiger partial charge < -0.3 is 14.8 Å². The van der Waals surface area contributed by atoms with Gasteiger partial charge in [0.2, 0.25) is 0 Å². The summed E-state index contributed by atoms with van der Waals surface area (Å²) in [4.78, 5) is 11.9. The quantitative estimate of drug-likeness (QED) is 0.696. The number of ether oxygens (including phenoxy) is 2. The van der Waals surface area contributed by atoms with Gasteiger partial charge in [-0.25, -0.2) is 0 Å². The van der Waals surface area contributed by atoms with Crippen molar-refractivity contribution in [3.8, 4) is 11.5 Å². The minimum atomic E-state index is -0.199. The van der Waals surface area contributed by atoms with Crippen molar-refractivity contribution in [1.82, 2.24) is 0 Å². The first-order valence-electron chi connectivity index (χ1n) is 7.94. The maximum atomic E-state index is 11.9. The summed E-state index contributed by atoms with van der Waals surface area (Å²) in [6.45, 7) is 5.00. The molecule has 0 saturated carbocycles. The number of benzene rings is 2. The molecule has 0 atom stereocenters. The third-order valence-corrected chi connectivity index (χ3v) is 3.81. The molecule has 0 aliphatic heterocycles. The van der Waals surface area contributed by atoms with E-state index in [-0.39, 0.29) is 12.5 Å². The molecule has 0 aromatic heterocycles. The molecular formula is C19H22BrNO3. The van der Waals surface area contributed by atoms with Crippen molar-refractivity contribution < 1.29 is 14.3 Å². The van der Waals surface area contributed by atoms with Crippen LogP contribution in [0.1, 0.15) is 20.3 Å². The number of carbonyl (C=O) groups excluding carboxylic acids is 1. The predicted molar refractivity (Wildman–Crippen MR) is 99.7 cm³/mol. The molecule has 0 aliphatic carbocycles. The first kappa shape index (κ1) is 18.3. The Hall–Kier alpha value is -2.01. The van der Waals surface area contributed by atoms with Crippen molar-refractivity contribution in [3.05, 3.63) is 53.0 Å². The lowest BCUT2D eigenvalue weighted by Crippen LogP contribution is -2.20. The predicted octanol–water partition coefficient (Wildman–Crippen LogP) is 4.89. The van der Waals surface area contributed by atoms with Crippen LogP contribution in [0.15, 0.2) is 53.0 Å². The molecule has 2 aromatic carbocycles. The standard InChI is InChI=1S/C19H22BrNO3/c1-14(2)11-12-23-17-7-9-18(10-8-17)24-13-19(22)21-16-5-3-15(20)4-6-16/h3-10,14H,11-13H2,1-2H3,(H,21,22). The molecular weight excluding hydrogens is 370 g/mol. The number of anilines is 1. The summed E-state index contributed by atoms with van der Waals surface area (Å²) >= 11 is 3.35. The van der Waals surface area contributed by atoms with Gasteiger partial charge in [0.05, 0.1) is 6.61 Å². The van der Waals surface area contributed by atoms with E-state index in [1.54, 1.807) is 12.1 Å². The van der Waals surface area contributed by atoms with Crippen LogP contribution in [0.25, 0.3) is 0 Å². The molecule has 1 N–H and O–H groups in total. The third kappa shape index (κ3) is 6.62. The van der Waals surface area contributed by atoms with E-state index in [4.69, 9.17) is 9.47 Å². The summed E-state index contributed by atoms with van der Waals surface area (Å²) in [6.07, 6.45) is 1.02. The second-order valence-corrected chi connectivity index (χ2v) is 6.76.